The van der Waals surface area contributed by atoms with Crippen molar-refractivity contribution in [2.24, 2.45) is 0 Å². The third-order valence-electron chi connectivity index (χ3n) is 3.18. The van der Waals surface area contributed by atoms with Gasteiger partial charge >= 0.3 is 6.03 Å². The van der Waals surface area contributed by atoms with Crippen molar-refractivity contribution in [1.29, 1.82) is 0 Å². The van der Waals surface area contributed by atoms with Crippen LogP contribution in [0.1, 0.15) is 31.0 Å². The Balaban J connectivity index is 1.99. The lowest BCUT2D eigenvalue weighted by Crippen LogP contribution is -2.31. The molecule has 0 saturated carbocycles. The van der Waals surface area contributed by atoms with E-state index >= 15 is 0 Å². The molecule has 0 spiro atoms. The van der Waals surface area contributed by atoms with E-state index in [1.54, 1.807) is 12.4 Å². The summed E-state index contributed by atoms with van der Waals surface area (Å²) in [4.78, 5) is 16.1. The number of nitrogens with one attached hydrogen (secondary N) is 2. The molecule has 0 aliphatic rings. The Morgan fingerprint density at radius 3 is 2.75 bits per heavy atom. The van der Waals surface area contributed by atoms with Crippen molar-refractivity contribution in [3.63, 3.8) is 0 Å². The number of aryl methyl sites for hydroxylation is 1. The highest BCUT2D eigenvalue weighted by atomic mass is 16.2. The molecule has 2 rings (SSSR count). The second kappa shape index (κ2) is 6.70. The summed E-state index contributed by atoms with van der Waals surface area (Å²) in [5, 5.41) is 5.80. The largest absolute Gasteiger partial charge is 0.331 e. The molecule has 0 aliphatic heterocycles. The van der Waals surface area contributed by atoms with E-state index in [1.165, 1.54) is 0 Å². The van der Waals surface area contributed by atoms with E-state index in [9.17, 15) is 4.79 Å². The van der Waals surface area contributed by atoms with Gasteiger partial charge in [0.1, 0.15) is 0 Å². The number of carbonyl (C=O) groups excluding carboxylic acids is 1. The maximum Gasteiger partial charge on any atom is 0.319 e. The van der Waals surface area contributed by atoms with Gasteiger partial charge in [0.25, 0.3) is 0 Å². The first-order valence-electron chi connectivity index (χ1n) is 6.76. The van der Waals surface area contributed by atoms with Gasteiger partial charge in [-0.2, -0.15) is 0 Å². The standard InChI is InChI=1S/C16H19N3O/c1-3-13-7-4-5-9-15(13)19-16(20)18-12(2)14-8-6-10-17-11-14/h4-12H,3H2,1-2H3,(H2,18,19,20)/t12-/m1/s1. The predicted molar refractivity (Wildman–Crippen MR) is 80.6 cm³/mol. The first-order chi connectivity index (χ1) is 9.70. The Hall–Kier alpha value is -2.36. The highest BCUT2D eigenvalue weighted by molar-refractivity contribution is 5.90. The quantitative estimate of drug-likeness (QED) is 0.892. The monoisotopic (exact) mass is 269 g/mol. The number of aromatic nitrogens is 1. The normalized spacial score (nSPS) is 11.7. The van der Waals surface area contributed by atoms with Crippen LogP contribution in [0.25, 0.3) is 0 Å². The molecule has 0 aliphatic carbocycles. The fraction of sp³-hybridized carbons (Fsp3) is 0.250. The Morgan fingerprint density at radius 1 is 1.25 bits per heavy atom. The predicted octanol–water partition coefficient (Wildman–Crippen LogP) is 3.53. The Labute approximate surface area is 119 Å². The van der Waals surface area contributed by atoms with E-state index in [4.69, 9.17) is 0 Å². The molecule has 0 fully saturated rings. The second-order valence-corrected chi connectivity index (χ2v) is 4.62. The van der Waals surface area contributed by atoms with Crippen LogP contribution in [0.2, 0.25) is 0 Å². The number of anilines is 1. The van der Waals surface area contributed by atoms with Crippen LogP contribution < -0.4 is 10.6 Å². The Morgan fingerprint density at radius 2 is 2.05 bits per heavy atom. The van der Waals surface area contributed by atoms with Gasteiger partial charge in [0, 0.05) is 18.1 Å². The van der Waals surface area contributed by atoms with Gasteiger partial charge in [0.2, 0.25) is 0 Å². The van der Waals surface area contributed by atoms with Gasteiger partial charge in [-0.25, -0.2) is 4.79 Å². The minimum Gasteiger partial charge on any atom is -0.331 e. The van der Waals surface area contributed by atoms with Gasteiger partial charge in [-0.05, 0) is 36.6 Å². The molecule has 0 bridgehead atoms. The molecular weight excluding hydrogens is 250 g/mol. The first kappa shape index (κ1) is 14.1. The van der Waals surface area contributed by atoms with Crippen molar-refractivity contribution in [3.8, 4) is 0 Å². The molecule has 0 saturated heterocycles. The summed E-state index contributed by atoms with van der Waals surface area (Å²) < 4.78 is 0. The Bertz CT molecular complexity index is 569. The molecule has 4 nitrogen and oxygen atoms in total. The number of amides is 2. The molecule has 1 aromatic carbocycles. The highest BCUT2D eigenvalue weighted by Gasteiger charge is 2.10. The molecule has 20 heavy (non-hydrogen) atoms. The van der Waals surface area contributed by atoms with Crippen LogP contribution in [0.4, 0.5) is 10.5 Å². The van der Waals surface area contributed by atoms with Crippen LogP contribution in [-0.2, 0) is 6.42 Å². The molecule has 2 amide bonds. The molecule has 4 heteroatoms. The molecule has 0 radical (unpaired) electrons. The third kappa shape index (κ3) is 3.57. The number of nitrogens with zero attached hydrogens (tertiary/aromatic N) is 1. The minimum atomic E-state index is -0.206. The van der Waals surface area contributed by atoms with Crippen molar-refractivity contribution < 1.29 is 4.79 Å². The number of pyridine rings is 1. The van der Waals surface area contributed by atoms with E-state index in [2.05, 4.69) is 22.5 Å². The second-order valence-electron chi connectivity index (χ2n) is 4.62. The topological polar surface area (TPSA) is 54.0 Å². The summed E-state index contributed by atoms with van der Waals surface area (Å²) in [6.45, 7) is 4.00. The number of hydrogen-bond donors (Lipinski definition) is 2. The highest BCUT2D eigenvalue weighted by Crippen LogP contribution is 2.16. The van der Waals surface area contributed by atoms with Gasteiger partial charge in [-0.3, -0.25) is 4.98 Å². The molecule has 2 N–H and O–H groups in total. The van der Waals surface area contributed by atoms with E-state index in [1.807, 2.05) is 43.3 Å². The van der Waals surface area contributed by atoms with Crippen LogP contribution in [-0.4, -0.2) is 11.0 Å². The van der Waals surface area contributed by atoms with Gasteiger partial charge in [-0.1, -0.05) is 31.2 Å². The number of rotatable bonds is 4. The van der Waals surface area contributed by atoms with Crippen molar-refractivity contribution in [2.75, 3.05) is 5.32 Å². The number of benzene rings is 1. The molecule has 2 aromatic rings. The summed E-state index contributed by atoms with van der Waals surface area (Å²) in [7, 11) is 0. The van der Waals surface area contributed by atoms with Crippen molar-refractivity contribution in [3.05, 3.63) is 59.9 Å². The zero-order valence-electron chi connectivity index (χ0n) is 11.8. The van der Waals surface area contributed by atoms with Crippen LogP contribution in [0.3, 0.4) is 0 Å². The molecule has 0 unspecified atom stereocenters. The van der Waals surface area contributed by atoms with Gasteiger partial charge in [0.05, 0.1) is 6.04 Å². The van der Waals surface area contributed by atoms with Crippen LogP contribution in [0.15, 0.2) is 48.8 Å². The van der Waals surface area contributed by atoms with Gasteiger partial charge in [-0.15, -0.1) is 0 Å². The summed E-state index contributed by atoms with van der Waals surface area (Å²) in [6, 6.07) is 11.3. The first-order valence-corrected chi connectivity index (χ1v) is 6.76. The van der Waals surface area contributed by atoms with Gasteiger partial charge in [0.15, 0.2) is 0 Å². The summed E-state index contributed by atoms with van der Waals surface area (Å²) in [5.74, 6) is 0. The van der Waals surface area contributed by atoms with Crippen molar-refractivity contribution >= 4 is 11.7 Å². The van der Waals surface area contributed by atoms with E-state index in [0.717, 1.165) is 23.2 Å². The molecule has 1 aromatic heterocycles. The average molecular weight is 269 g/mol. The van der Waals surface area contributed by atoms with Crippen molar-refractivity contribution in [1.82, 2.24) is 10.3 Å². The average Bonchev–Trinajstić information content (AvgIpc) is 2.48. The Kier molecular flexibility index (Phi) is 4.71. The molecule has 1 heterocycles. The van der Waals surface area contributed by atoms with E-state index < -0.39 is 0 Å². The lowest BCUT2D eigenvalue weighted by Gasteiger charge is -2.16. The van der Waals surface area contributed by atoms with Crippen molar-refractivity contribution in [2.45, 2.75) is 26.3 Å². The van der Waals surface area contributed by atoms with Crippen LogP contribution in [0.5, 0.6) is 0 Å². The van der Waals surface area contributed by atoms with Crippen LogP contribution >= 0.6 is 0 Å². The minimum absolute atomic E-state index is 0.0857. The fourth-order valence-electron chi connectivity index (χ4n) is 2.02. The maximum atomic E-state index is 12.0. The zero-order valence-corrected chi connectivity index (χ0v) is 11.8. The number of hydrogen-bond acceptors (Lipinski definition) is 2. The molecular formula is C16H19N3O. The third-order valence-corrected chi connectivity index (χ3v) is 3.18. The molecule has 104 valence electrons. The number of carbonyl (C=O) groups is 1. The SMILES string of the molecule is CCc1ccccc1NC(=O)N[C@H](C)c1cccnc1. The number of para-hydroxylation sites is 1. The number of urea groups is 1. The smallest absolute Gasteiger partial charge is 0.319 e. The molecule has 1 atom stereocenters. The maximum absolute atomic E-state index is 12.0. The summed E-state index contributed by atoms with van der Waals surface area (Å²) in [6.07, 6.45) is 4.35. The van der Waals surface area contributed by atoms with E-state index in [-0.39, 0.29) is 12.1 Å². The van der Waals surface area contributed by atoms with Crippen LogP contribution in [0, 0.1) is 0 Å². The summed E-state index contributed by atoms with van der Waals surface area (Å²) in [5.41, 5.74) is 2.95. The fourth-order valence-corrected chi connectivity index (χ4v) is 2.02. The van der Waals surface area contributed by atoms with Gasteiger partial charge < -0.3 is 10.6 Å². The lowest BCUT2D eigenvalue weighted by molar-refractivity contribution is 0.249. The lowest BCUT2D eigenvalue weighted by atomic mass is 10.1. The summed E-state index contributed by atoms with van der Waals surface area (Å²) >= 11 is 0. The van der Waals surface area contributed by atoms with E-state index in [0.29, 0.717) is 0 Å². The zero-order chi connectivity index (χ0) is 14.4.